The summed E-state index contributed by atoms with van der Waals surface area (Å²) in [6, 6.07) is 8.21. The quantitative estimate of drug-likeness (QED) is 0.674. The van der Waals surface area contributed by atoms with Gasteiger partial charge in [-0.05, 0) is 43.5 Å². The number of fused-ring (bicyclic) bond motifs is 2. The van der Waals surface area contributed by atoms with E-state index in [-0.39, 0.29) is 24.4 Å². The standard InChI is InChI=1S/C22H24F3N3O3S/c1-15-6-9-20(26-12-15)28-16-7-8-17(28)14-27(13-16)21(29)10-11-32(30,31)19-5-3-2-4-18(19)22(23,24)25/h2-6,9,12,16-17H,7-8,10-11,13-14H2,1H3. The van der Waals surface area contributed by atoms with E-state index in [4.69, 9.17) is 0 Å². The summed E-state index contributed by atoms with van der Waals surface area (Å²) in [6.45, 7) is 2.86. The zero-order chi connectivity index (χ0) is 23.1. The average Bonchev–Trinajstić information content (AvgIpc) is 3.01. The number of sulfone groups is 1. The SMILES string of the molecule is Cc1ccc(N2C3CCC2CN(C(=O)CCS(=O)(=O)c2ccccc2C(F)(F)F)C3)nc1. The van der Waals surface area contributed by atoms with Gasteiger partial charge in [-0.25, -0.2) is 13.4 Å². The van der Waals surface area contributed by atoms with E-state index >= 15 is 0 Å². The third kappa shape index (κ3) is 4.46. The lowest BCUT2D eigenvalue weighted by Crippen LogP contribution is -2.55. The lowest BCUT2D eigenvalue weighted by molar-refractivity contribution is -0.139. The molecule has 2 aliphatic heterocycles. The number of hydrogen-bond donors (Lipinski definition) is 0. The Morgan fingerprint density at radius 1 is 1.09 bits per heavy atom. The Morgan fingerprint density at radius 2 is 1.75 bits per heavy atom. The molecular formula is C22H24F3N3O3S. The number of nitrogens with zero attached hydrogens (tertiary/aromatic N) is 3. The highest BCUT2D eigenvalue weighted by atomic mass is 32.2. The summed E-state index contributed by atoms with van der Waals surface area (Å²) in [7, 11) is -4.26. The molecule has 2 fully saturated rings. The molecule has 2 unspecified atom stereocenters. The summed E-state index contributed by atoms with van der Waals surface area (Å²) in [6.07, 6.45) is -1.53. The Labute approximate surface area is 185 Å². The fourth-order valence-corrected chi connectivity index (χ4v) is 6.02. The number of pyridine rings is 1. The van der Waals surface area contributed by atoms with Gasteiger partial charge in [0, 0.05) is 37.8 Å². The molecule has 10 heteroatoms. The van der Waals surface area contributed by atoms with Crippen LogP contribution in [0.4, 0.5) is 19.0 Å². The number of likely N-dealkylation sites (tertiary alicyclic amines) is 1. The number of rotatable bonds is 5. The first-order valence-electron chi connectivity index (χ1n) is 10.4. The van der Waals surface area contributed by atoms with Crippen molar-refractivity contribution in [1.29, 1.82) is 0 Å². The van der Waals surface area contributed by atoms with E-state index in [1.54, 1.807) is 11.1 Å². The predicted octanol–water partition coefficient (Wildman–Crippen LogP) is 3.45. The van der Waals surface area contributed by atoms with Crippen LogP contribution in [-0.2, 0) is 20.8 Å². The van der Waals surface area contributed by atoms with Crippen molar-refractivity contribution >= 4 is 21.6 Å². The second-order valence-electron chi connectivity index (χ2n) is 8.35. The van der Waals surface area contributed by atoms with E-state index < -0.39 is 32.2 Å². The highest BCUT2D eigenvalue weighted by Gasteiger charge is 2.42. The van der Waals surface area contributed by atoms with Gasteiger partial charge in [-0.3, -0.25) is 4.79 Å². The largest absolute Gasteiger partial charge is 0.417 e. The van der Waals surface area contributed by atoms with E-state index in [2.05, 4.69) is 9.88 Å². The molecule has 2 saturated heterocycles. The molecule has 0 saturated carbocycles. The monoisotopic (exact) mass is 467 g/mol. The molecule has 1 amide bonds. The lowest BCUT2D eigenvalue weighted by atomic mass is 10.1. The molecule has 0 N–H and O–H groups in total. The van der Waals surface area contributed by atoms with Gasteiger partial charge in [0.05, 0.1) is 16.2 Å². The van der Waals surface area contributed by atoms with E-state index in [1.807, 2.05) is 19.1 Å². The number of aromatic nitrogens is 1. The summed E-state index contributed by atoms with van der Waals surface area (Å²) in [5.41, 5.74) is -0.145. The van der Waals surface area contributed by atoms with Crippen LogP contribution in [0, 0.1) is 6.92 Å². The Bertz CT molecular complexity index is 1090. The predicted molar refractivity (Wildman–Crippen MR) is 113 cm³/mol. The minimum Gasteiger partial charge on any atom is -0.347 e. The summed E-state index contributed by atoms with van der Waals surface area (Å²) in [5, 5.41) is 0. The maximum Gasteiger partial charge on any atom is 0.417 e. The van der Waals surface area contributed by atoms with Gasteiger partial charge >= 0.3 is 6.18 Å². The van der Waals surface area contributed by atoms with Gasteiger partial charge < -0.3 is 9.80 Å². The van der Waals surface area contributed by atoms with Gasteiger partial charge in [-0.15, -0.1) is 0 Å². The molecule has 172 valence electrons. The fraction of sp³-hybridized carbons (Fsp3) is 0.455. The number of alkyl halides is 3. The van der Waals surface area contributed by atoms with Crippen LogP contribution in [0.15, 0.2) is 47.5 Å². The molecule has 1 aromatic heterocycles. The molecule has 2 aliphatic rings. The maximum absolute atomic E-state index is 13.2. The number of hydrogen-bond acceptors (Lipinski definition) is 5. The first-order valence-corrected chi connectivity index (χ1v) is 12.1. The number of anilines is 1. The molecule has 0 radical (unpaired) electrons. The molecule has 2 aromatic rings. The molecule has 0 aliphatic carbocycles. The third-order valence-electron chi connectivity index (χ3n) is 6.11. The second-order valence-corrected chi connectivity index (χ2v) is 10.4. The Kier molecular flexibility index (Phi) is 5.91. The van der Waals surface area contributed by atoms with Crippen LogP contribution in [0.2, 0.25) is 0 Å². The minimum absolute atomic E-state index is 0.0930. The van der Waals surface area contributed by atoms with Gasteiger partial charge in [0.1, 0.15) is 5.82 Å². The molecule has 1 aromatic carbocycles. The molecule has 32 heavy (non-hydrogen) atoms. The topological polar surface area (TPSA) is 70.6 Å². The number of piperazine rings is 1. The Morgan fingerprint density at radius 3 is 2.34 bits per heavy atom. The normalized spacial score (nSPS) is 21.1. The average molecular weight is 468 g/mol. The summed E-state index contributed by atoms with van der Waals surface area (Å²) < 4.78 is 64.8. The smallest absolute Gasteiger partial charge is 0.347 e. The van der Waals surface area contributed by atoms with Gasteiger partial charge in [0.2, 0.25) is 5.91 Å². The molecule has 6 nitrogen and oxygen atoms in total. The van der Waals surface area contributed by atoms with Crippen molar-refractivity contribution in [3.05, 3.63) is 53.7 Å². The van der Waals surface area contributed by atoms with Crippen LogP contribution in [0.1, 0.15) is 30.4 Å². The molecule has 2 bridgehead atoms. The second kappa shape index (κ2) is 8.38. The van der Waals surface area contributed by atoms with Crippen molar-refractivity contribution in [1.82, 2.24) is 9.88 Å². The van der Waals surface area contributed by atoms with Gasteiger partial charge in [-0.2, -0.15) is 13.2 Å². The summed E-state index contributed by atoms with van der Waals surface area (Å²) in [5.74, 6) is -0.151. The van der Waals surface area contributed by atoms with Crippen LogP contribution in [0.5, 0.6) is 0 Å². The third-order valence-corrected chi connectivity index (χ3v) is 7.88. The van der Waals surface area contributed by atoms with E-state index in [9.17, 15) is 26.4 Å². The molecule has 2 atom stereocenters. The summed E-state index contributed by atoms with van der Waals surface area (Å²) >= 11 is 0. The molecular weight excluding hydrogens is 443 g/mol. The minimum atomic E-state index is -4.78. The first kappa shape index (κ1) is 22.6. The molecule has 4 rings (SSSR count). The molecule has 0 spiro atoms. The zero-order valence-electron chi connectivity index (χ0n) is 17.5. The van der Waals surface area contributed by atoms with E-state index in [0.717, 1.165) is 42.4 Å². The van der Waals surface area contributed by atoms with Crippen LogP contribution in [0.3, 0.4) is 0 Å². The number of carbonyl (C=O) groups excluding carboxylic acids is 1. The van der Waals surface area contributed by atoms with Crippen molar-refractivity contribution in [3.63, 3.8) is 0 Å². The van der Waals surface area contributed by atoms with E-state index in [0.29, 0.717) is 13.1 Å². The van der Waals surface area contributed by atoms with Crippen molar-refractivity contribution in [3.8, 4) is 0 Å². The van der Waals surface area contributed by atoms with Gasteiger partial charge in [0.15, 0.2) is 9.84 Å². The van der Waals surface area contributed by atoms with Crippen LogP contribution >= 0.6 is 0 Å². The van der Waals surface area contributed by atoms with Crippen LogP contribution < -0.4 is 4.90 Å². The van der Waals surface area contributed by atoms with Crippen LogP contribution in [0.25, 0.3) is 0 Å². The zero-order valence-corrected chi connectivity index (χ0v) is 18.4. The lowest BCUT2D eigenvalue weighted by Gasteiger charge is -2.41. The van der Waals surface area contributed by atoms with Crippen molar-refractivity contribution < 1.29 is 26.4 Å². The van der Waals surface area contributed by atoms with Crippen molar-refractivity contribution in [2.24, 2.45) is 0 Å². The summed E-state index contributed by atoms with van der Waals surface area (Å²) in [4.78, 5) is 20.3. The Balaban J connectivity index is 1.42. The highest BCUT2D eigenvalue weighted by molar-refractivity contribution is 7.91. The van der Waals surface area contributed by atoms with Gasteiger partial charge in [0.25, 0.3) is 0 Å². The number of benzene rings is 1. The number of halogens is 3. The van der Waals surface area contributed by atoms with Gasteiger partial charge in [-0.1, -0.05) is 18.2 Å². The highest BCUT2D eigenvalue weighted by Crippen LogP contribution is 2.36. The maximum atomic E-state index is 13.2. The fourth-order valence-electron chi connectivity index (χ4n) is 4.56. The first-order chi connectivity index (χ1) is 15.1. The molecule has 3 heterocycles. The number of amides is 1. The number of aryl methyl sites for hydroxylation is 1. The van der Waals surface area contributed by atoms with Crippen molar-refractivity contribution in [2.75, 3.05) is 23.7 Å². The van der Waals surface area contributed by atoms with E-state index in [1.165, 1.54) is 6.07 Å². The Hall–Kier alpha value is -2.62. The van der Waals surface area contributed by atoms with Crippen molar-refractivity contribution in [2.45, 2.75) is 49.3 Å². The number of carbonyl (C=O) groups is 1. The van der Waals surface area contributed by atoms with Crippen LogP contribution in [-0.4, -0.2) is 55.1 Å².